The van der Waals surface area contributed by atoms with E-state index in [1.165, 1.54) is 5.70 Å². The Hall–Kier alpha value is -0.630. The largest absolute Gasteiger partial charge is 0.375 e. The molecule has 0 aromatic heterocycles. The lowest BCUT2D eigenvalue weighted by Crippen LogP contribution is -2.03. The first-order valence-electron chi connectivity index (χ1n) is 3.28. The van der Waals surface area contributed by atoms with Crippen molar-refractivity contribution in [2.75, 3.05) is 5.88 Å². The summed E-state index contributed by atoms with van der Waals surface area (Å²) in [7, 11) is 0. The van der Waals surface area contributed by atoms with Gasteiger partial charge in [-0.3, -0.25) is 0 Å². The fraction of sp³-hybridized carbons (Fsp3) is 0.250. The number of nitrogens with one attached hydrogen (secondary N) is 1. The van der Waals surface area contributed by atoms with Crippen molar-refractivity contribution in [1.29, 1.82) is 0 Å². The molecule has 1 N–H and O–H groups in total. The zero-order valence-corrected chi connectivity index (χ0v) is 6.82. The number of hydrogen-bond donors (Lipinski definition) is 1. The fourth-order valence-corrected chi connectivity index (χ4v) is 1.34. The van der Waals surface area contributed by atoms with Gasteiger partial charge >= 0.3 is 0 Å². The molecule has 54 valence electrons. The third-order valence-electron chi connectivity index (χ3n) is 1.15. The van der Waals surface area contributed by atoms with Gasteiger partial charge in [-0.05, 0) is 18.4 Å². The van der Waals surface area contributed by atoms with Gasteiger partial charge in [0, 0.05) is 5.70 Å². The number of hydrogen-bond acceptors (Lipinski definition) is 2. The smallest absolute Gasteiger partial charge is 0.0652 e. The monoisotopic (exact) mass is 153 g/mol. The van der Waals surface area contributed by atoms with Crippen LogP contribution >= 0.6 is 11.8 Å². The lowest BCUT2D eigenvalue weighted by atomic mass is 10.4. The molecule has 0 unspecified atom stereocenters. The van der Waals surface area contributed by atoms with E-state index in [4.69, 9.17) is 0 Å². The van der Waals surface area contributed by atoms with Crippen molar-refractivity contribution < 1.29 is 0 Å². The van der Waals surface area contributed by atoms with Gasteiger partial charge in [0.05, 0.1) is 5.88 Å². The minimum absolute atomic E-state index is 1.01. The first-order valence-corrected chi connectivity index (χ1v) is 4.33. The number of rotatable bonds is 2. The minimum atomic E-state index is 1.01. The molecular weight excluding hydrogens is 142 g/mol. The van der Waals surface area contributed by atoms with Crippen LogP contribution in [0.15, 0.2) is 35.4 Å². The Bertz CT molecular complexity index is 180. The molecular formula is C8H11NS. The first kappa shape index (κ1) is 7.48. The fourth-order valence-electron chi connectivity index (χ4n) is 0.667. The van der Waals surface area contributed by atoms with E-state index >= 15 is 0 Å². The third kappa shape index (κ3) is 2.31. The molecule has 2 heteroatoms. The van der Waals surface area contributed by atoms with Crippen LogP contribution in [-0.4, -0.2) is 5.88 Å². The summed E-state index contributed by atoms with van der Waals surface area (Å²) in [6.07, 6.45) is 8.13. The molecule has 0 atom stereocenters. The summed E-state index contributed by atoms with van der Waals surface area (Å²) in [5, 5.41) is 5.34. The van der Waals surface area contributed by atoms with Gasteiger partial charge in [0.1, 0.15) is 0 Å². The molecule has 0 bridgehead atoms. The second kappa shape index (κ2) is 4.23. The lowest BCUT2D eigenvalue weighted by Gasteiger charge is -1.91. The van der Waals surface area contributed by atoms with Crippen LogP contribution in [-0.2, 0) is 0 Å². The molecule has 0 aliphatic carbocycles. The van der Waals surface area contributed by atoms with E-state index in [1.807, 2.05) is 25.2 Å². The van der Waals surface area contributed by atoms with Crippen molar-refractivity contribution in [2.24, 2.45) is 0 Å². The number of allylic oxidation sites excluding steroid dienone is 4. The second-order valence-corrected chi connectivity index (χ2v) is 2.80. The zero-order valence-electron chi connectivity index (χ0n) is 6.00. The Balaban J connectivity index is 2.36. The predicted octanol–water partition coefficient (Wildman–Crippen LogP) is 2.25. The van der Waals surface area contributed by atoms with Crippen LogP contribution < -0.4 is 5.32 Å². The highest BCUT2D eigenvalue weighted by Crippen LogP contribution is 2.12. The standard InChI is InChI=1S/C8H11NS/c1-2-3-4-5-8-6-10-7-9-8/h2-6,9H,7H2,1H3/b3-2-,5-4-. The molecule has 1 aliphatic heterocycles. The average molecular weight is 153 g/mol. The molecule has 0 amide bonds. The predicted molar refractivity (Wildman–Crippen MR) is 47.6 cm³/mol. The van der Waals surface area contributed by atoms with Gasteiger partial charge in [0.2, 0.25) is 0 Å². The van der Waals surface area contributed by atoms with Crippen molar-refractivity contribution in [3.8, 4) is 0 Å². The Morgan fingerprint density at radius 1 is 1.60 bits per heavy atom. The van der Waals surface area contributed by atoms with E-state index < -0.39 is 0 Å². The summed E-state index contributed by atoms with van der Waals surface area (Å²) in [5.41, 5.74) is 1.21. The average Bonchev–Trinajstić information content (AvgIpc) is 2.41. The summed E-state index contributed by atoms with van der Waals surface area (Å²) in [4.78, 5) is 0. The van der Waals surface area contributed by atoms with Gasteiger partial charge in [-0.1, -0.05) is 18.2 Å². The van der Waals surface area contributed by atoms with E-state index in [0.717, 1.165) is 5.88 Å². The van der Waals surface area contributed by atoms with E-state index in [1.54, 1.807) is 11.8 Å². The van der Waals surface area contributed by atoms with Crippen LogP contribution in [0, 0.1) is 0 Å². The van der Waals surface area contributed by atoms with Crippen LogP contribution in [0.3, 0.4) is 0 Å². The summed E-state index contributed by atoms with van der Waals surface area (Å²) >= 11 is 1.79. The van der Waals surface area contributed by atoms with Crippen LogP contribution in [0.5, 0.6) is 0 Å². The van der Waals surface area contributed by atoms with E-state index in [-0.39, 0.29) is 0 Å². The van der Waals surface area contributed by atoms with Crippen LogP contribution in [0.4, 0.5) is 0 Å². The molecule has 1 heterocycles. The van der Waals surface area contributed by atoms with E-state index in [0.29, 0.717) is 0 Å². The second-order valence-electron chi connectivity index (χ2n) is 1.95. The van der Waals surface area contributed by atoms with Crippen molar-refractivity contribution in [1.82, 2.24) is 5.32 Å². The molecule has 0 fully saturated rings. The number of thioether (sulfide) groups is 1. The van der Waals surface area contributed by atoms with E-state index in [9.17, 15) is 0 Å². The summed E-state index contributed by atoms with van der Waals surface area (Å²) in [6.45, 7) is 2.01. The minimum Gasteiger partial charge on any atom is -0.375 e. The molecule has 0 saturated carbocycles. The first-order chi connectivity index (χ1) is 4.93. The highest BCUT2D eigenvalue weighted by molar-refractivity contribution is 8.02. The van der Waals surface area contributed by atoms with E-state index in [2.05, 4.69) is 16.8 Å². The maximum atomic E-state index is 3.22. The van der Waals surface area contributed by atoms with Crippen molar-refractivity contribution in [3.05, 3.63) is 35.4 Å². The molecule has 0 aromatic rings. The van der Waals surface area contributed by atoms with Gasteiger partial charge in [0.25, 0.3) is 0 Å². The zero-order chi connectivity index (χ0) is 7.23. The normalized spacial score (nSPS) is 18.3. The Labute approximate surface area is 65.9 Å². The Morgan fingerprint density at radius 2 is 2.50 bits per heavy atom. The maximum absolute atomic E-state index is 3.22. The SMILES string of the molecule is C/C=C\C=C/C1=CSCN1. The molecule has 0 radical (unpaired) electrons. The summed E-state index contributed by atoms with van der Waals surface area (Å²) in [6, 6.07) is 0. The van der Waals surface area contributed by atoms with Crippen LogP contribution in [0.25, 0.3) is 0 Å². The van der Waals surface area contributed by atoms with Crippen LogP contribution in [0.1, 0.15) is 6.92 Å². The van der Waals surface area contributed by atoms with Crippen LogP contribution in [0.2, 0.25) is 0 Å². The van der Waals surface area contributed by atoms with Gasteiger partial charge in [-0.25, -0.2) is 0 Å². The van der Waals surface area contributed by atoms with Crippen molar-refractivity contribution >= 4 is 11.8 Å². The highest BCUT2D eigenvalue weighted by atomic mass is 32.2. The quantitative estimate of drug-likeness (QED) is 0.611. The van der Waals surface area contributed by atoms with Crippen molar-refractivity contribution in [3.63, 3.8) is 0 Å². The molecule has 1 aliphatic rings. The van der Waals surface area contributed by atoms with Crippen molar-refractivity contribution in [2.45, 2.75) is 6.92 Å². The molecule has 1 rings (SSSR count). The molecule has 0 saturated heterocycles. The Kier molecular flexibility index (Phi) is 3.16. The van der Waals surface area contributed by atoms with Gasteiger partial charge < -0.3 is 5.32 Å². The molecule has 0 spiro atoms. The Morgan fingerprint density at radius 3 is 3.10 bits per heavy atom. The highest BCUT2D eigenvalue weighted by Gasteiger charge is 1.96. The van der Waals surface area contributed by atoms with Gasteiger partial charge in [-0.2, -0.15) is 0 Å². The maximum Gasteiger partial charge on any atom is 0.0652 e. The van der Waals surface area contributed by atoms with Gasteiger partial charge in [0.15, 0.2) is 0 Å². The molecule has 10 heavy (non-hydrogen) atoms. The lowest BCUT2D eigenvalue weighted by molar-refractivity contribution is 1.02. The molecule has 1 nitrogen and oxygen atoms in total. The summed E-state index contributed by atoms with van der Waals surface area (Å²) < 4.78 is 0. The summed E-state index contributed by atoms with van der Waals surface area (Å²) in [5.74, 6) is 1.01. The third-order valence-corrected chi connectivity index (χ3v) is 1.88. The topological polar surface area (TPSA) is 12.0 Å². The van der Waals surface area contributed by atoms with Gasteiger partial charge in [-0.15, -0.1) is 11.8 Å². The molecule has 0 aromatic carbocycles.